The molecule has 1 unspecified atom stereocenters. The predicted molar refractivity (Wildman–Crippen MR) is 61.5 cm³/mol. The van der Waals surface area contributed by atoms with Crippen LogP contribution in [0, 0.1) is 10.1 Å². The number of aliphatic hydroxyl groups is 1. The summed E-state index contributed by atoms with van der Waals surface area (Å²) in [5, 5.41) is 19.0. The maximum atomic E-state index is 11.5. The molecule has 1 aromatic rings. The minimum atomic E-state index is -1.02. The number of nitro groups is 1. The molecule has 0 saturated carbocycles. The van der Waals surface area contributed by atoms with E-state index in [2.05, 4.69) is 0 Å². The van der Waals surface area contributed by atoms with Gasteiger partial charge in [0.25, 0.3) is 5.69 Å². The summed E-state index contributed by atoms with van der Waals surface area (Å²) in [5.74, 6) is 0.825. The lowest BCUT2D eigenvalue weighted by molar-refractivity contribution is -0.384. The van der Waals surface area contributed by atoms with Crippen molar-refractivity contribution in [3.05, 3.63) is 39.9 Å². The van der Waals surface area contributed by atoms with E-state index in [0.717, 1.165) is 5.56 Å². The van der Waals surface area contributed by atoms with Crippen LogP contribution in [0.15, 0.2) is 24.3 Å². The zero-order valence-electron chi connectivity index (χ0n) is 8.67. The van der Waals surface area contributed by atoms with E-state index < -0.39 is 15.7 Å². The smallest absolute Gasteiger partial charge is 0.269 e. The van der Waals surface area contributed by atoms with Gasteiger partial charge in [0.15, 0.2) is 0 Å². The van der Waals surface area contributed by atoms with Crippen LogP contribution < -0.4 is 0 Å². The number of hydrogen-bond donors (Lipinski definition) is 1. The molecule has 0 aliphatic carbocycles. The molecule has 0 aromatic heterocycles. The monoisotopic (exact) mass is 243 g/mol. The Hall–Kier alpha value is -1.27. The first-order valence-corrected chi connectivity index (χ1v) is 6.31. The minimum absolute atomic E-state index is 0.0323. The highest BCUT2D eigenvalue weighted by atomic mass is 32.2. The zero-order chi connectivity index (χ0) is 12.0. The number of aliphatic hydroxyl groups excluding tert-OH is 1. The minimum Gasteiger partial charge on any atom is -0.396 e. The Labute approximate surface area is 95.7 Å². The van der Waals surface area contributed by atoms with E-state index in [9.17, 15) is 14.3 Å². The number of benzene rings is 1. The molecule has 1 aromatic carbocycles. The number of nitrogens with zero attached hydrogens (tertiary/aromatic N) is 1. The van der Waals surface area contributed by atoms with Crippen LogP contribution in [0.1, 0.15) is 12.0 Å². The van der Waals surface area contributed by atoms with Crippen LogP contribution in [0.3, 0.4) is 0 Å². The molecule has 0 saturated heterocycles. The molecule has 1 N–H and O–H groups in total. The van der Waals surface area contributed by atoms with Crippen molar-refractivity contribution >= 4 is 16.5 Å². The lowest BCUT2D eigenvalue weighted by Crippen LogP contribution is -2.02. The highest BCUT2D eigenvalue weighted by Crippen LogP contribution is 2.13. The Bertz CT molecular complexity index is 377. The van der Waals surface area contributed by atoms with E-state index >= 15 is 0 Å². The summed E-state index contributed by atoms with van der Waals surface area (Å²) in [6, 6.07) is 6.01. The van der Waals surface area contributed by atoms with Crippen LogP contribution in [-0.4, -0.2) is 26.6 Å². The van der Waals surface area contributed by atoms with Crippen LogP contribution in [-0.2, 0) is 16.6 Å². The molecule has 1 atom stereocenters. The highest BCUT2D eigenvalue weighted by molar-refractivity contribution is 7.84. The summed E-state index contributed by atoms with van der Waals surface area (Å²) in [6.07, 6.45) is 0.513. The molecule has 0 spiro atoms. The molecule has 0 bridgehead atoms. The van der Waals surface area contributed by atoms with E-state index in [0.29, 0.717) is 17.9 Å². The van der Waals surface area contributed by atoms with Gasteiger partial charge in [-0.05, 0) is 12.0 Å². The summed E-state index contributed by atoms with van der Waals surface area (Å²) in [5.41, 5.74) is 0.840. The predicted octanol–water partition coefficient (Wildman–Crippen LogP) is 1.23. The molecule has 88 valence electrons. The fourth-order valence-corrected chi connectivity index (χ4v) is 2.36. The van der Waals surface area contributed by atoms with Crippen molar-refractivity contribution in [2.24, 2.45) is 0 Å². The van der Waals surface area contributed by atoms with Crippen molar-refractivity contribution in [3.8, 4) is 0 Å². The lowest BCUT2D eigenvalue weighted by Gasteiger charge is -2.01. The van der Waals surface area contributed by atoms with Crippen LogP contribution in [0.2, 0.25) is 0 Å². The third-order valence-corrected chi connectivity index (χ3v) is 3.40. The lowest BCUT2D eigenvalue weighted by atomic mass is 10.2. The Kier molecular flexibility index (Phi) is 5.07. The van der Waals surface area contributed by atoms with Gasteiger partial charge in [0.1, 0.15) is 0 Å². The van der Waals surface area contributed by atoms with Crippen LogP contribution in [0.5, 0.6) is 0 Å². The zero-order valence-corrected chi connectivity index (χ0v) is 9.48. The first-order chi connectivity index (χ1) is 7.63. The Morgan fingerprint density at radius 3 is 2.44 bits per heavy atom. The van der Waals surface area contributed by atoms with Crippen LogP contribution in [0.25, 0.3) is 0 Å². The van der Waals surface area contributed by atoms with Gasteiger partial charge in [-0.1, -0.05) is 12.1 Å². The summed E-state index contributed by atoms with van der Waals surface area (Å²) >= 11 is 0. The van der Waals surface area contributed by atoms with Gasteiger partial charge in [0.05, 0.1) is 4.92 Å². The van der Waals surface area contributed by atoms with Gasteiger partial charge in [-0.15, -0.1) is 0 Å². The van der Waals surface area contributed by atoms with Crippen molar-refractivity contribution in [1.29, 1.82) is 0 Å². The average Bonchev–Trinajstić information content (AvgIpc) is 2.27. The van der Waals surface area contributed by atoms with E-state index in [-0.39, 0.29) is 12.3 Å². The first-order valence-electron chi connectivity index (χ1n) is 4.82. The first kappa shape index (κ1) is 12.8. The fourth-order valence-electron chi connectivity index (χ4n) is 1.20. The molecular weight excluding hydrogens is 230 g/mol. The molecule has 5 nitrogen and oxygen atoms in total. The van der Waals surface area contributed by atoms with Gasteiger partial charge < -0.3 is 5.11 Å². The molecule has 0 amide bonds. The molecule has 6 heteroatoms. The number of rotatable bonds is 6. The maximum Gasteiger partial charge on any atom is 0.269 e. The standard InChI is InChI=1S/C10H13NO4S/c12-6-1-7-16(15)8-9-2-4-10(5-3-9)11(13)14/h2-5,12H,1,6-8H2. The Morgan fingerprint density at radius 1 is 1.31 bits per heavy atom. The molecule has 1 rings (SSSR count). The molecule has 0 fully saturated rings. The van der Waals surface area contributed by atoms with E-state index in [1.165, 1.54) is 12.1 Å². The summed E-state index contributed by atoms with van der Waals surface area (Å²) in [4.78, 5) is 9.93. The fraction of sp³-hybridized carbons (Fsp3) is 0.400. The van der Waals surface area contributed by atoms with Crippen molar-refractivity contribution in [2.45, 2.75) is 12.2 Å². The summed E-state index contributed by atoms with van der Waals surface area (Å²) in [7, 11) is -1.02. The SMILES string of the molecule is O=[N+]([O-])c1ccc(CS(=O)CCCO)cc1. The normalized spacial score (nSPS) is 12.3. The molecular formula is C10H13NO4S. The average molecular weight is 243 g/mol. The molecule has 0 aliphatic rings. The van der Waals surface area contributed by atoms with Crippen LogP contribution >= 0.6 is 0 Å². The third kappa shape index (κ3) is 4.08. The van der Waals surface area contributed by atoms with E-state index in [1.807, 2.05) is 0 Å². The molecule has 0 radical (unpaired) electrons. The molecule has 0 aliphatic heterocycles. The van der Waals surface area contributed by atoms with Gasteiger partial charge in [-0.2, -0.15) is 0 Å². The van der Waals surface area contributed by atoms with Gasteiger partial charge in [-0.3, -0.25) is 14.3 Å². The van der Waals surface area contributed by atoms with Crippen molar-refractivity contribution in [2.75, 3.05) is 12.4 Å². The second-order valence-electron chi connectivity index (χ2n) is 3.29. The topological polar surface area (TPSA) is 80.4 Å². The maximum absolute atomic E-state index is 11.5. The second kappa shape index (κ2) is 6.34. The summed E-state index contributed by atoms with van der Waals surface area (Å²) < 4.78 is 11.5. The highest BCUT2D eigenvalue weighted by Gasteiger charge is 2.06. The third-order valence-electron chi connectivity index (χ3n) is 2.00. The number of nitro benzene ring substituents is 1. The largest absolute Gasteiger partial charge is 0.396 e. The van der Waals surface area contributed by atoms with E-state index in [1.54, 1.807) is 12.1 Å². The van der Waals surface area contributed by atoms with Crippen LogP contribution in [0.4, 0.5) is 5.69 Å². The quantitative estimate of drug-likeness (QED) is 0.602. The molecule has 0 heterocycles. The summed E-state index contributed by atoms with van der Waals surface area (Å²) in [6.45, 7) is 0.0337. The number of hydrogen-bond acceptors (Lipinski definition) is 4. The van der Waals surface area contributed by atoms with Crippen molar-refractivity contribution in [3.63, 3.8) is 0 Å². The Balaban J connectivity index is 2.55. The molecule has 16 heavy (non-hydrogen) atoms. The van der Waals surface area contributed by atoms with Gasteiger partial charge >= 0.3 is 0 Å². The van der Waals surface area contributed by atoms with Crippen molar-refractivity contribution in [1.82, 2.24) is 0 Å². The van der Waals surface area contributed by atoms with Crippen molar-refractivity contribution < 1.29 is 14.2 Å². The van der Waals surface area contributed by atoms with E-state index in [4.69, 9.17) is 5.11 Å². The Morgan fingerprint density at radius 2 is 1.94 bits per heavy atom. The van der Waals surface area contributed by atoms with Gasteiger partial charge in [0, 0.05) is 41.0 Å². The van der Waals surface area contributed by atoms with Gasteiger partial charge in [-0.25, -0.2) is 0 Å². The number of non-ortho nitro benzene ring substituents is 1. The van der Waals surface area contributed by atoms with Gasteiger partial charge in [0.2, 0.25) is 0 Å². The second-order valence-corrected chi connectivity index (χ2v) is 4.87.